The molecule has 27 heavy (non-hydrogen) atoms. The fraction of sp³-hybridized carbons (Fsp3) is 0.211. The average Bonchev–Trinajstić information content (AvgIpc) is 3.10. The quantitative estimate of drug-likeness (QED) is 0.478. The SMILES string of the molecule is O=C(NO)c1ccc2c(c1)CCCC2NC(=O)c1cn2cc(Cl)ccc2n1. The number of hydrogen-bond acceptors (Lipinski definition) is 4. The van der Waals surface area contributed by atoms with Crippen molar-refractivity contribution in [2.45, 2.75) is 25.3 Å². The van der Waals surface area contributed by atoms with E-state index in [4.69, 9.17) is 16.8 Å². The summed E-state index contributed by atoms with van der Waals surface area (Å²) in [5.41, 5.74) is 4.97. The first-order valence-corrected chi connectivity index (χ1v) is 8.95. The van der Waals surface area contributed by atoms with Gasteiger partial charge in [0.25, 0.3) is 11.8 Å². The second-order valence-corrected chi connectivity index (χ2v) is 6.95. The molecular formula is C19H17ClN4O3. The predicted molar refractivity (Wildman–Crippen MR) is 99.0 cm³/mol. The third kappa shape index (κ3) is 3.39. The number of carbonyl (C=O) groups excluding carboxylic acids is 2. The molecule has 3 N–H and O–H groups in total. The number of rotatable bonds is 3. The normalized spacial score (nSPS) is 16.0. The van der Waals surface area contributed by atoms with Gasteiger partial charge in [0.2, 0.25) is 0 Å². The molecule has 2 amide bonds. The molecule has 1 atom stereocenters. The maximum atomic E-state index is 12.7. The number of aryl methyl sites for hydroxylation is 1. The fourth-order valence-corrected chi connectivity index (χ4v) is 3.64. The second-order valence-electron chi connectivity index (χ2n) is 6.51. The number of halogens is 1. The van der Waals surface area contributed by atoms with Crippen LogP contribution in [-0.4, -0.2) is 26.4 Å². The number of imidazole rings is 1. The van der Waals surface area contributed by atoms with Gasteiger partial charge in [0.1, 0.15) is 11.3 Å². The minimum Gasteiger partial charge on any atom is -0.344 e. The van der Waals surface area contributed by atoms with E-state index in [1.807, 2.05) is 6.07 Å². The van der Waals surface area contributed by atoms with Crippen molar-refractivity contribution in [3.8, 4) is 0 Å². The van der Waals surface area contributed by atoms with E-state index < -0.39 is 5.91 Å². The molecule has 2 heterocycles. The van der Waals surface area contributed by atoms with Crippen molar-refractivity contribution in [3.63, 3.8) is 0 Å². The van der Waals surface area contributed by atoms with Crippen molar-refractivity contribution in [2.24, 2.45) is 0 Å². The van der Waals surface area contributed by atoms with Crippen molar-refractivity contribution in [2.75, 3.05) is 0 Å². The Labute approximate surface area is 159 Å². The van der Waals surface area contributed by atoms with Crippen molar-refractivity contribution in [3.05, 3.63) is 70.1 Å². The number of hydrogen-bond donors (Lipinski definition) is 3. The molecule has 8 heteroatoms. The monoisotopic (exact) mass is 384 g/mol. The smallest absolute Gasteiger partial charge is 0.274 e. The first kappa shape index (κ1) is 17.5. The van der Waals surface area contributed by atoms with Crippen LogP contribution in [0, 0.1) is 0 Å². The van der Waals surface area contributed by atoms with Gasteiger partial charge >= 0.3 is 0 Å². The molecule has 0 aliphatic heterocycles. The van der Waals surface area contributed by atoms with Crippen LogP contribution >= 0.6 is 11.6 Å². The summed E-state index contributed by atoms with van der Waals surface area (Å²) in [5, 5.41) is 12.4. The van der Waals surface area contributed by atoms with Crippen LogP contribution in [0.2, 0.25) is 5.02 Å². The maximum absolute atomic E-state index is 12.7. The molecule has 0 fully saturated rings. The van der Waals surface area contributed by atoms with Gasteiger partial charge in [-0.15, -0.1) is 0 Å². The molecule has 1 aliphatic carbocycles. The summed E-state index contributed by atoms with van der Waals surface area (Å²) in [4.78, 5) is 28.6. The van der Waals surface area contributed by atoms with Crippen LogP contribution in [0.3, 0.4) is 0 Å². The molecule has 0 spiro atoms. The topological polar surface area (TPSA) is 95.7 Å². The van der Waals surface area contributed by atoms with Crippen LogP contribution in [-0.2, 0) is 6.42 Å². The van der Waals surface area contributed by atoms with Gasteiger partial charge in [0, 0.05) is 18.0 Å². The van der Waals surface area contributed by atoms with Crippen molar-refractivity contribution in [1.82, 2.24) is 20.2 Å². The summed E-state index contributed by atoms with van der Waals surface area (Å²) >= 11 is 5.97. The number of pyridine rings is 1. The number of fused-ring (bicyclic) bond motifs is 2. The van der Waals surface area contributed by atoms with Crippen molar-refractivity contribution < 1.29 is 14.8 Å². The highest BCUT2D eigenvalue weighted by molar-refractivity contribution is 6.30. The Hall–Kier alpha value is -2.90. The maximum Gasteiger partial charge on any atom is 0.274 e. The van der Waals surface area contributed by atoms with Gasteiger partial charge in [-0.3, -0.25) is 14.8 Å². The summed E-state index contributed by atoms with van der Waals surface area (Å²) in [6.45, 7) is 0. The van der Waals surface area contributed by atoms with Gasteiger partial charge in [-0.2, -0.15) is 0 Å². The van der Waals surface area contributed by atoms with E-state index in [-0.39, 0.29) is 11.9 Å². The molecule has 3 aromatic rings. The summed E-state index contributed by atoms with van der Waals surface area (Å²) in [5.74, 6) is -0.808. The summed E-state index contributed by atoms with van der Waals surface area (Å²) in [6.07, 6.45) is 5.87. The molecule has 4 rings (SSSR count). The molecule has 0 radical (unpaired) electrons. The lowest BCUT2D eigenvalue weighted by atomic mass is 9.86. The van der Waals surface area contributed by atoms with E-state index in [1.54, 1.807) is 46.5 Å². The van der Waals surface area contributed by atoms with Gasteiger partial charge in [-0.1, -0.05) is 17.7 Å². The molecule has 7 nitrogen and oxygen atoms in total. The van der Waals surface area contributed by atoms with Crippen LogP contribution in [0.1, 0.15) is 50.9 Å². The Morgan fingerprint density at radius 1 is 1.19 bits per heavy atom. The Bertz CT molecular complexity index is 1050. The molecule has 138 valence electrons. The zero-order valence-corrected chi connectivity index (χ0v) is 15.0. The zero-order chi connectivity index (χ0) is 19.0. The highest BCUT2D eigenvalue weighted by atomic mass is 35.5. The third-order valence-corrected chi connectivity index (χ3v) is 5.00. The largest absolute Gasteiger partial charge is 0.344 e. The van der Waals surface area contributed by atoms with Gasteiger partial charge in [-0.25, -0.2) is 10.5 Å². The Morgan fingerprint density at radius 3 is 2.85 bits per heavy atom. The van der Waals surface area contributed by atoms with Crippen LogP contribution < -0.4 is 10.8 Å². The third-order valence-electron chi connectivity index (χ3n) is 4.77. The lowest BCUT2D eigenvalue weighted by molar-refractivity contribution is 0.0706. The number of aromatic nitrogens is 2. The summed E-state index contributed by atoms with van der Waals surface area (Å²) < 4.78 is 1.71. The second kappa shape index (κ2) is 7.02. The number of carbonyl (C=O) groups is 2. The molecule has 1 aliphatic rings. The Kier molecular flexibility index (Phi) is 4.55. The molecule has 0 bridgehead atoms. The number of hydroxylamine groups is 1. The molecular weight excluding hydrogens is 368 g/mol. The van der Waals surface area contributed by atoms with Crippen LogP contribution in [0.25, 0.3) is 5.65 Å². The van der Waals surface area contributed by atoms with E-state index >= 15 is 0 Å². The van der Waals surface area contributed by atoms with Crippen molar-refractivity contribution in [1.29, 1.82) is 0 Å². The van der Waals surface area contributed by atoms with E-state index in [0.29, 0.717) is 21.9 Å². The van der Waals surface area contributed by atoms with Gasteiger partial charge in [-0.05, 0) is 54.7 Å². The van der Waals surface area contributed by atoms with Crippen molar-refractivity contribution >= 4 is 29.1 Å². The first-order chi connectivity index (χ1) is 13.0. The Balaban J connectivity index is 1.57. The molecule has 1 aromatic carbocycles. The molecule has 0 saturated carbocycles. The summed E-state index contributed by atoms with van der Waals surface area (Å²) in [7, 11) is 0. The lowest BCUT2D eigenvalue weighted by Gasteiger charge is -2.26. The number of amides is 2. The lowest BCUT2D eigenvalue weighted by Crippen LogP contribution is -2.31. The Morgan fingerprint density at radius 2 is 2.04 bits per heavy atom. The van der Waals surface area contributed by atoms with Gasteiger partial charge < -0.3 is 9.72 Å². The van der Waals surface area contributed by atoms with Gasteiger partial charge in [0.15, 0.2) is 0 Å². The highest BCUT2D eigenvalue weighted by Crippen LogP contribution is 2.30. The zero-order valence-electron chi connectivity index (χ0n) is 14.3. The first-order valence-electron chi connectivity index (χ1n) is 8.57. The van der Waals surface area contributed by atoms with E-state index in [1.165, 1.54) is 0 Å². The minimum atomic E-state index is -0.549. The summed E-state index contributed by atoms with van der Waals surface area (Å²) in [6, 6.07) is 8.55. The fourth-order valence-electron chi connectivity index (χ4n) is 3.48. The molecule has 2 aromatic heterocycles. The van der Waals surface area contributed by atoms with Crippen LogP contribution in [0.15, 0.2) is 42.7 Å². The van der Waals surface area contributed by atoms with Crippen LogP contribution in [0.5, 0.6) is 0 Å². The highest BCUT2D eigenvalue weighted by Gasteiger charge is 2.24. The number of nitrogens with one attached hydrogen (secondary N) is 2. The van der Waals surface area contributed by atoms with E-state index in [9.17, 15) is 9.59 Å². The standard InChI is InChI=1S/C19H17ClN4O3/c20-13-5-7-17-21-16(10-24(17)9-13)19(26)22-15-3-1-2-11-8-12(18(25)23-27)4-6-14(11)15/h4-10,15,27H,1-3H2,(H,22,26)(H,23,25). The molecule has 0 saturated heterocycles. The predicted octanol–water partition coefficient (Wildman–Crippen LogP) is 2.91. The number of benzene rings is 1. The van der Waals surface area contributed by atoms with E-state index in [0.717, 1.165) is 30.4 Å². The minimum absolute atomic E-state index is 0.152. The van der Waals surface area contributed by atoms with Gasteiger partial charge in [0.05, 0.1) is 11.1 Å². The van der Waals surface area contributed by atoms with Crippen LogP contribution in [0.4, 0.5) is 0 Å². The average molecular weight is 385 g/mol. The van der Waals surface area contributed by atoms with E-state index in [2.05, 4.69) is 10.3 Å². The number of nitrogens with zero attached hydrogens (tertiary/aromatic N) is 2. The molecule has 1 unspecified atom stereocenters.